The van der Waals surface area contributed by atoms with Crippen molar-refractivity contribution in [1.82, 2.24) is 10.4 Å². The van der Waals surface area contributed by atoms with E-state index in [9.17, 15) is 9.59 Å². The fourth-order valence-electron chi connectivity index (χ4n) is 1.93. The molecule has 2 aromatic heterocycles. The van der Waals surface area contributed by atoms with Crippen LogP contribution < -0.4 is 11.1 Å². The first kappa shape index (κ1) is 15.1. The summed E-state index contributed by atoms with van der Waals surface area (Å²) in [4.78, 5) is 27.9. The van der Waals surface area contributed by atoms with Gasteiger partial charge in [-0.05, 0) is 30.3 Å². The average Bonchev–Trinajstić information content (AvgIpc) is 2.55. The first-order valence-electron chi connectivity index (χ1n) is 6.60. The Bertz CT molecular complexity index is 952. The number of carbonyl (C=O) groups is 1. The van der Waals surface area contributed by atoms with Gasteiger partial charge in [0.15, 0.2) is 0 Å². The molecule has 0 fully saturated rings. The van der Waals surface area contributed by atoms with Gasteiger partial charge in [-0.1, -0.05) is 22.0 Å². The van der Waals surface area contributed by atoms with Gasteiger partial charge in [0, 0.05) is 27.8 Å². The summed E-state index contributed by atoms with van der Waals surface area (Å²) in [5.41, 5.74) is 2.61. The number of benzene rings is 1. The molecule has 7 heteroatoms. The smallest absolute Gasteiger partial charge is 0.349 e. The van der Waals surface area contributed by atoms with Gasteiger partial charge in [-0.3, -0.25) is 9.78 Å². The Morgan fingerprint density at radius 3 is 2.96 bits per heavy atom. The lowest BCUT2D eigenvalue weighted by atomic mass is 10.2. The van der Waals surface area contributed by atoms with E-state index in [1.54, 1.807) is 42.7 Å². The molecule has 2 heterocycles. The second-order valence-electron chi connectivity index (χ2n) is 4.62. The van der Waals surface area contributed by atoms with Crippen molar-refractivity contribution < 1.29 is 9.21 Å². The van der Waals surface area contributed by atoms with E-state index in [1.165, 1.54) is 12.3 Å². The zero-order chi connectivity index (χ0) is 16.2. The number of aromatic nitrogens is 1. The van der Waals surface area contributed by atoms with Gasteiger partial charge < -0.3 is 4.42 Å². The molecule has 1 amide bonds. The summed E-state index contributed by atoms with van der Waals surface area (Å²) in [6.45, 7) is 0. The number of nitrogens with zero attached hydrogens (tertiary/aromatic N) is 2. The lowest BCUT2D eigenvalue weighted by Gasteiger charge is -2.01. The highest BCUT2D eigenvalue weighted by atomic mass is 79.9. The van der Waals surface area contributed by atoms with E-state index >= 15 is 0 Å². The van der Waals surface area contributed by atoms with Crippen LogP contribution in [0, 0.1) is 0 Å². The van der Waals surface area contributed by atoms with Gasteiger partial charge in [0.25, 0.3) is 5.91 Å². The third-order valence-electron chi connectivity index (χ3n) is 3.00. The minimum absolute atomic E-state index is 0.112. The number of nitrogens with one attached hydrogen (secondary N) is 1. The number of amides is 1. The molecule has 0 aliphatic rings. The Hall–Kier alpha value is -2.80. The molecule has 0 unspecified atom stereocenters. The number of carbonyl (C=O) groups excluding carboxylic acids is 1. The van der Waals surface area contributed by atoms with Gasteiger partial charge in [-0.25, -0.2) is 10.2 Å². The van der Waals surface area contributed by atoms with Crippen LogP contribution in [0.2, 0.25) is 0 Å². The zero-order valence-corrected chi connectivity index (χ0v) is 13.3. The van der Waals surface area contributed by atoms with Crippen LogP contribution in [0.15, 0.2) is 67.6 Å². The van der Waals surface area contributed by atoms with Crippen LogP contribution in [0.5, 0.6) is 0 Å². The van der Waals surface area contributed by atoms with Gasteiger partial charge in [0.1, 0.15) is 11.1 Å². The predicted octanol–water partition coefficient (Wildman–Crippen LogP) is 2.71. The van der Waals surface area contributed by atoms with Gasteiger partial charge in [0.2, 0.25) is 0 Å². The number of fused-ring (bicyclic) bond motifs is 1. The van der Waals surface area contributed by atoms with Crippen LogP contribution >= 0.6 is 15.9 Å². The van der Waals surface area contributed by atoms with E-state index in [1.807, 2.05) is 0 Å². The number of pyridine rings is 1. The van der Waals surface area contributed by atoms with Crippen LogP contribution in [0.25, 0.3) is 11.0 Å². The Morgan fingerprint density at radius 2 is 2.17 bits per heavy atom. The Kier molecular flexibility index (Phi) is 4.29. The van der Waals surface area contributed by atoms with E-state index in [2.05, 4.69) is 31.4 Å². The van der Waals surface area contributed by atoms with E-state index in [0.717, 1.165) is 10.0 Å². The average molecular weight is 372 g/mol. The third-order valence-corrected chi connectivity index (χ3v) is 3.50. The molecule has 0 atom stereocenters. The summed E-state index contributed by atoms with van der Waals surface area (Å²) in [7, 11) is 0. The molecule has 3 rings (SSSR count). The Balaban J connectivity index is 1.84. The van der Waals surface area contributed by atoms with Crippen molar-refractivity contribution in [2.45, 2.75) is 0 Å². The standard InChI is InChI=1S/C16H10BrN3O3/c17-12-3-4-14-11(6-12)7-13(16(22)23-14)15(21)20-19-9-10-2-1-5-18-8-10/h1-9H,(H,20,21)/b19-9+. The minimum atomic E-state index is -0.714. The number of hydrogen-bond acceptors (Lipinski definition) is 5. The monoisotopic (exact) mass is 371 g/mol. The van der Waals surface area contributed by atoms with E-state index in [4.69, 9.17) is 4.42 Å². The highest BCUT2D eigenvalue weighted by Gasteiger charge is 2.13. The first-order valence-corrected chi connectivity index (χ1v) is 7.39. The largest absolute Gasteiger partial charge is 0.422 e. The molecule has 0 saturated carbocycles. The van der Waals surface area contributed by atoms with Crippen LogP contribution in [0.4, 0.5) is 0 Å². The maximum absolute atomic E-state index is 12.1. The molecule has 0 aliphatic carbocycles. The molecule has 23 heavy (non-hydrogen) atoms. The van der Waals surface area contributed by atoms with Crippen LogP contribution in [0.3, 0.4) is 0 Å². The molecule has 114 valence electrons. The quantitative estimate of drug-likeness (QED) is 0.435. The van der Waals surface area contributed by atoms with Crippen molar-refractivity contribution >= 4 is 39.0 Å². The fraction of sp³-hybridized carbons (Fsp3) is 0. The summed E-state index contributed by atoms with van der Waals surface area (Å²) in [5.74, 6) is -0.638. The summed E-state index contributed by atoms with van der Waals surface area (Å²) >= 11 is 3.33. The molecule has 1 aromatic carbocycles. The molecule has 0 bridgehead atoms. The van der Waals surface area contributed by atoms with Gasteiger partial charge >= 0.3 is 5.63 Å². The third kappa shape index (κ3) is 3.51. The molecule has 0 radical (unpaired) electrons. The van der Waals surface area contributed by atoms with E-state index in [-0.39, 0.29) is 5.56 Å². The summed E-state index contributed by atoms with van der Waals surface area (Å²) < 4.78 is 5.95. The van der Waals surface area contributed by atoms with E-state index < -0.39 is 11.5 Å². The molecule has 3 aromatic rings. The number of hydrogen-bond donors (Lipinski definition) is 1. The maximum atomic E-state index is 12.1. The molecule has 6 nitrogen and oxygen atoms in total. The molecule has 1 N–H and O–H groups in total. The van der Waals surface area contributed by atoms with Crippen molar-refractivity contribution in [2.24, 2.45) is 5.10 Å². The SMILES string of the molecule is O=C(N/N=C/c1cccnc1)c1cc2cc(Br)ccc2oc1=O. The second-order valence-corrected chi connectivity index (χ2v) is 5.53. The summed E-state index contributed by atoms with van der Waals surface area (Å²) in [6, 6.07) is 10.2. The van der Waals surface area contributed by atoms with Gasteiger partial charge in [-0.2, -0.15) is 5.10 Å². The van der Waals surface area contributed by atoms with Gasteiger partial charge in [0.05, 0.1) is 6.21 Å². The highest BCUT2D eigenvalue weighted by molar-refractivity contribution is 9.10. The molecule has 0 spiro atoms. The lowest BCUT2D eigenvalue weighted by molar-refractivity contribution is 0.0951. The normalized spacial score (nSPS) is 11.0. The molecular weight excluding hydrogens is 362 g/mol. The molecule has 0 saturated heterocycles. The fourth-order valence-corrected chi connectivity index (χ4v) is 2.31. The van der Waals surface area contributed by atoms with Gasteiger partial charge in [-0.15, -0.1) is 0 Å². The van der Waals surface area contributed by atoms with E-state index in [0.29, 0.717) is 11.0 Å². The maximum Gasteiger partial charge on any atom is 0.349 e. The predicted molar refractivity (Wildman–Crippen MR) is 89.5 cm³/mol. The number of hydrazone groups is 1. The highest BCUT2D eigenvalue weighted by Crippen LogP contribution is 2.19. The van der Waals surface area contributed by atoms with Crippen molar-refractivity contribution in [3.63, 3.8) is 0 Å². The van der Waals surface area contributed by atoms with Crippen LogP contribution in [0.1, 0.15) is 15.9 Å². The van der Waals surface area contributed by atoms with Crippen molar-refractivity contribution in [3.05, 3.63) is 74.8 Å². The lowest BCUT2D eigenvalue weighted by Crippen LogP contribution is -2.24. The summed E-state index contributed by atoms with van der Waals surface area (Å²) in [5, 5.41) is 4.44. The summed E-state index contributed by atoms with van der Waals surface area (Å²) in [6.07, 6.45) is 4.66. The Labute approximate surface area is 139 Å². The second kappa shape index (κ2) is 6.53. The van der Waals surface area contributed by atoms with Crippen LogP contribution in [-0.2, 0) is 0 Å². The number of rotatable bonds is 3. The topological polar surface area (TPSA) is 84.6 Å². The molecule has 0 aliphatic heterocycles. The van der Waals surface area contributed by atoms with Crippen molar-refractivity contribution in [3.8, 4) is 0 Å². The zero-order valence-electron chi connectivity index (χ0n) is 11.7. The van der Waals surface area contributed by atoms with Crippen LogP contribution in [-0.4, -0.2) is 17.1 Å². The number of halogens is 1. The Morgan fingerprint density at radius 1 is 1.30 bits per heavy atom. The first-order chi connectivity index (χ1) is 11.1. The molecular formula is C16H10BrN3O3. The minimum Gasteiger partial charge on any atom is -0.422 e. The van der Waals surface area contributed by atoms with Crippen molar-refractivity contribution in [1.29, 1.82) is 0 Å². The van der Waals surface area contributed by atoms with Crippen molar-refractivity contribution in [2.75, 3.05) is 0 Å².